The molecular weight excluding hydrogens is 227 g/mol. The van der Waals surface area contributed by atoms with Crippen LogP contribution in [0.4, 0.5) is 4.39 Å². The van der Waals surface area contributed by atoms with E-state index in [0.29, 0.717) is 6.04 Å². The smallest absolute Gasteiger partial charge is 0.125 e. The quantitative estimate of drug-likeness (QED) is 0.861. The van der Waals surface area contributed by atoms with E-state index in [-0.39, 0.29) is 5.82 Å². The number of H-pyrrole nitrogens is 1. The number of rotatable bonds is 2. The van der Waals surface area contributed by atoms with Crippen molar-refractivity contribution in [2.24, 2.45) is 0 Å². The third kappa shape index (κ3) is 2.15. The van der Waals surface area contributed by atoms with E-state index in [4.69, 9.17) is 0 Å². The molecule has 18 heavy (non-hydrogen) atoms. The van der Waals surface area contributed by atoms with Gasteiger partial charge in [-0.1, -0.05) is 6.42 Å². The molecule has 1 aliphatic rings. The highest BCUT2D eigenvalue weighted by molar-refractivity contribution is 5.83. The van der Waals surface area contributed by atoms with Crippen molar-refractivity contribution in [3.63, 3.8) is 0 Å². The zero-order chi connectivity index (χ0) is 12.5. The predicted octanol–water partition coefficient (Wildman–Crippen LogP) is 3.33. The number of fused-ring (bicyclic) bond motifs is 1. The normalized spacial score (nSPS) is 21.6. The van der Waals surface area contributed by atoms with Crippen molar-refractivity contribution < 1.29 is 4.39 Å². The van der Waals surface area contributed by atoms with Gasteiger partial charge in [-0.25, -0.2) is 4.39 Å². The first-order valence-corrected chi connectivity index (χ1v) is 6.70. The Hall–Kier alpha value is -1.35. The molecule has 1 saturated heterocycles. The SMILES string of the molecule is CN1CCCCC1Cc1c[nH]c2cc(F)ccc12. The van der Waals surface area contributed by atoms with Gasteiger partial charge >= 0.3 is 0 Å². The van der Waals surface area contributed by atoms with Gasteiger partial charge in [0.2, 0.25) is 0 Å². The molecule has 0 radical (unpaired) electrons. The summed E-state index contributed by atoms with van der Waals surface area (Å²) in [5.74, 6) is -0.175. The molecule has 96 valence electrons. The Morgan fingerprint density at radius 2 is 2.28 bits per heavy atom. The summed E-state index contributed by atoms with van der Waals surface area (Å²) in [6.07, 6.45) is 7.00. The van der Waals surface area contributed by atoms with E-state index in [0.717, 1.165) is 17.3 Å². The van der Waals surface area contributed by atoms with E-state index in [2.05, 4.69) is 16.9 Å². The number of nitrogens with zero attached hydrogens (tertiary/aromatic N) is 1. The van der Waals surface area contributed by atoms with Crippen molar-refractivity contribution in [3.8, 4) is 0 Å². The summed E-state index contributed by atoms with van der Waals surface area (Å²) in [4.78, 5) is 5.63. The van der Waals surface area contributed by atoms with E-state index in [1.165, 1.54) is 31.4 Å². The Balaban J connectivity index is 1.86. The van der Waals surface area contributed by atoms with E-state index < -0.39 is 0 Å². The minimum absolute atomic E-state index is 0.175. The Bertz CT molecular complexity index is 546. The summed E-state index contributed by atoms with van der Waals surface area (Å²) >= 11 is 0. The van der Waals surface area contributed by atoms with Crippen molar-refractivity contribution in [1.82, 2.24) is 9.88 Å². The van der Waals surface area contributed by atoms with E-state index in [1.807, 2.05) is 12.3 Å². The van der Waals surface area contributed by atoms with Crippen LogP contribution in [0.5, 0.6) is 0 Å². The van der Waals surface area contributed by atoms with Gasteiger partial charge in [0.15, 0.2) is 0 Å². The van der Waals surface area contributed by atoms with Gasteiger partial charge < -0.3 is 9.88 Å². The molecule has 0 bridgehead atoms. The van der Waals surface area contributed by atoms with Crippen LogP contribution in [0.15, 0.2) is 24.4 Å². The molecule has 1 N–H and O–H groups in total. The number of benzene rings is 1. The second-order valence-electron chi connectivity index (χ2n) is 5.34. The van der Waals surface area contributed by atoms with Crippen molar-refractivity contribution >= 4 is 10.9 Å². The summed E-state index contributed by atoms with van der Waals surface area (Å²) in [6.45, 7) is 1.20. The number of piperidine rings is 1. The maximum absolute atomic E-state index is 13.1. The molecule has 1 aromatic heterocycles. The summed E-state index contributed by atoms with van der Waals surface area (Å²) in [5.41, 5.74) is 2.22. The number of halogens is 1. The van der Waals surface area contributed by atoms with Gasteiger partial charge in [0.25, 0.3) is 0 Å². The van der Waals surface area contributed by atoms with Crippen LogP contribution in [-0.4, -0.2) is 29.5 Å². The van der Waals surface area contributed by atoms with Gasteiger partial charge in [0, 0.05) is 23.1 Å². The molecule has 3 rings (SSSR count). The molecule has 0 amide bonds. The molecule has 2 aromatic rings. The Morgan fingerprint density at radius 3 is 3.11 bits per heavy atom. The minimum atomic E-state index is -0.175. The number of aromatic amines is 1. The van der Waals surface area contributed by atoms with Gasteiger partial charge in [0.1, 0.15) is 5.82 Å². The lowest BCUT2D eigenvalue weighted by atomic mass is 9.96. The molecule has 0 spiro atoms. The van der Waals surface area contributed by atoms with Crippen molar-refractivity contribution in [3.05, 3.63) is 35.8 Å². The summed E-state index contributed by atoms with van der Waals surface area (Å²) in [5, 5.41) is 1.16. The molecule has 2 heterocycles. The average molecular weight is 246 g/mol. The highest BCUT2D eigenvalue weighted by Gasteiger charge is 2.20. The van der Waals surface area contributed by atoms with Crippen molar-refractivity contribution in [2.45, 2.75) is 31.7 Å². The predicted molar refractivity (Wildman–Crippen MR) is 72.2 cm³/mol. The van der Waals surface area contributed by atoms with Crippen LogP contribution in [-0.2, 0) is 6.42 Å². The molecule has 3 heteroatoms. The van der Waals surface area contributed by atoms with Crippen LogP contribution in [0.25, 0.3) is 10.9 Å². The van der Waals surface area contributed by atoms with E-state index >= 15 is 0 Å². The number of hydrogen-bond donors (Lipinski definition) is 1. The molecule has 1 fully saturated rings. The van der Waals surface area contributed by atoms with E-state index in [1.54, 1.807) is 12.1 Å². The summed E-state index contributed by atoms with van der Waals surface area (Å²) < 4.78 is 13.1. The maximum Gasteiger partial charge on any atom is 0.125 e. The number of hydrogen-bond acceptors (Lipinski definition) is 1. The Labute approximate surface area is 107 Å². The van der Waals surface area contributed by atoms with Gasteiger partial charge in [0.05, 0.1) is 0 Å². The number of likely N-dealkylation sites (tertiary alicyclic amines) is 1. The van der Waals surface area contributed by atoms with Crippen LogP contribution in [0.1, 0.15) is 24.8 Å². The van der Waals surface area contributed by atoms with Gasteiger partial charge in [-0.3, -0.25) is 0 Å². The van der Waals surface area contributed by atoms with Crippen molar-refractivity contribution in [2.75, 3.05) is 13.6 Å². The fourth-order valence-corrected chi connectivity index (χ4v) is 2.98. The average Bonchev–Trinajstić information content (AvgIpc) is 2.74. The van der Waals surface area contributed by atoms with E-state index in [9.17, 15) is 4.39 Å². The monoisotopic (exact) mass is 246 g/mol. The Morgan fingerprint density at radius 1 is 1.39 bits per heavy atom. The molecule has 1 unspecified atom stereocenters. The molecule has 0 aliphatic carbocycles. The van der Waals surface area contributed by atoms with Gasteiger partial charge in [-0.2, -0.15) is 0 Å². The first-order chi connectivity index (χ1) is 8.74. The van der Waals surface area contributed by atoms with Crippen LogP contribution in [0.2, 0.25) is 0 Å². The fourth-order valence-electron chi connectivity index (χ4n) is 2.98. The Kier molecular flexibility index (Phi) is 3.08. The molecule has 1 atom stereocenters. The first-order valence-electron chi connectivity index (χ1n) is 6.70. The van der Waals surface area contributed by atoms with Crippen LogP contribution < -0.4 is 0 Å². The molecule has 2 nitrogen and oxygen atoms in total. The fraction of sp³-hybridized carbons (Fsp3) is 0.467. The van der Waals surface area contributed by atoms with Gasteiger partial charge in [-0.15, -0.1) is 0 Å². The first kappa shape index (κ1) is 11.7. The molecule has 0 saturated carbocycles. The minimum Gasteiger partial charge on any atom is -0.361 e. The number of nitrogens with one attached hydrogen (secondary N) is 1. The third-order valence-electron chi connectivity index (χ3n) is 4.11. The third-order valence-corrected chi connectivity index (χ3v) is 4.11. The second kappa shape index (κ2) is 4.73. The van der Waals surface area contributed by atoms with Crippen LogP contribution in [0, 0.1) is 5.82 Å². The number of aromatic nitrogens is 1. The maximum atomic E-state index is 13.1. The molecule has 1 aliphatic heterocycles. The summed E-state index contributed by atoms with van der Waals surface area (Å²) in [6, 6.07) is 5.63. The largest absolute Gasteiger partial charge is 0.361 e. The lowest BCUT2D eigenvalue weighted by Gasteiger charge is -2.32. The van der Waals surface area contributed by atoms with Crippen molar-refractivity contribution in [1.29, 1.82) is 0 Å². The highest BCUT2D eigenvalue weighted by atomic mass is 19.1. The van der Waals surface area contributed by atoms with Crippen LogP contribution in [0.3, 0.4) is 0 Å². The standard InChI is InChI=1S/C15H19FN2/c1-18-7-3-2-4-13(18)8-11-10-17-15-9-12(16)5-6-14(11)15/h5-6,9-10,13,17H,2-4,7-8H2,1H3. The lowest BCUT2D eigenvalue weighted by molar-refractivity contribution is 0.185. The highest BCUT2D eigenvalue weighted by Crippen LogP contribution is 2.24. The zero-order valence-corrected chi connectivity index (χ0v) is 10.7. The second-order valence-corrected chi connectivity index (χ2v) is 5.34. The van der Waals surface area contributed by atoms with Gasteiger partial charge in [-0.05, 0) is 56.6 Å². The molecule has 1 aromatic carbocycles. The number of likely N-dealkylation sites (N-methyl/N-ethyl adjacent to an activating group) is 1. The molecular formula is C15H19FN2. The topological polar surface area (TPSA) is 19.0 Å². The lowest BCUT2D eigenvalue weighted by Crippen LogP contribution is -2.37. The summed E-state index contributed by atoms with van der Waals surface area (Å²) in [7, 11) is 2.21. The zero-order valence-electron chi connectivity index (χ0n) is 10.7. The van der Waals surface area contributed by atoms with Crippen LogP contribution >= 0.6 is 0 Å².